The van der Waals surface area contributed by atoms with Crippen LogP contribution in [0.5, 0.6) is 0 Å². The molecule has 0 bridgehead atoms. The Bertz CT molecular complexity index is 574. The summed E-state index contributed by atoms with van der Waals surface area (Å²) in [5, 5.41) is 9.77. The van der Waals surface area contributed by atoms with E-state index in [-0.39, 0.29) is 23.3 Å². The lowest BCUT2D eigenvalue weighted by Gasteiger charge is -2.37. The first-order valence-electron chi connectivity index (χ1n) is 5.91. The quantitative estimate of drug-likeness (QED) is 0.812. The number of hydrogen-bond acceptors (Lipinski definition) is 4. The molecule has 1 aromatic carbocycles. The summed E-state index contributed by atoms with van der Waals surface area (Å²) in [6, 6.07) is 7.95. The van der Waals surface area contributed by atoms with Gasteiger partial charge < -0.3 is 10.0 Å². The van der Waals surface area contributed by atoms with Crippen molar-refractivity contribution in [1.82, 2.24) is 4.90 Å². The maximum Gasteiger partial charge on any atom is 0.247 e. The number of benzene rings is 1. The van der Waals surface area contributed by atoms with Gasteiger partial charge in [0.05, 0.1) is 4.90 Å². The minimum Gasteiger partial charge on any atom is -0.396 e. The van der Waals surface area contributed by atoms with Gasteiger partial charge in [-0.3, -0.25) is 4.79 Å². The van der Waals surface area contributed by atoms with Crippen LogP contribution in [0.2, 0.25) is 0 Å². The Labute approximate surface area is 112 Å². The number of carbonyl (C=O) groups excluding carboxylic acids is 1. The molecule has 0 aromatic heterocycles. The van der Waals surface area contributed by atoms with E-state index < -0.39 is 9.84 Å². The van der Waals surface area contributed by atoms with Gasteiger partial charge in [0.1, 0.15) is 0 Å². The zero-order valence-electron chi connectivity index (χ0n) is 10.3. The molecule has 1 aromatic rings. The van der Waals surface area contributed by atoms with Crippen LogP contribution in [0.15, 0.2) is 46.7 Å². The third-order valence-electron chi connectivity index (χ3n) is 2.99. The summed E-state index contributed by atoms with van der Waals surface area (Å²) in [4.78, 5) is 13.3. The standard InChI is InChI=1S/C13H15NO4S/c15-10-11-8-14(9-11)13(16)6-7-19(17,18)12-4-2-1-3-5-12/h1-7,11,15H,8-10H2. The topological polar surface area (TPSA) is 74.7 Å². The highest BCUT2D eigenvalue weighted by atomic mass is 32.2. The molecule has 0 aliphatic carbocycles. The van der Waals surface area contributed by atoms with Crippen LogP contribution in [0.1, 0.15) is 0 Å². The molecule has 5 nitrogen and oxygen atoms in total. The lowest BCUT2D eigenvalue weighted by molar-refractivity contribution is -0.132. The summed E-state index contributed by atoms with van der Waals surface area (Å²) in [5.41, 5.74) is 0. The number of aliphatic hydroxyl groups excluding tert-OH is 1. The van der Waals surface area contributed by atoms with E-state index in [0.29, 0.717) is 13.1 Å². The maximum atomic E-state index is 11.9. The molecular formula is C13H15NO4S. The molecule has 0 unspecified atom stereocenters. The molecular weight excluding hydrogens is 266 g/mol. The van der Waals surface area contributed by atoms with Crippen LogP contribution in [-0.4, -0.2) is 44.0 Å². The van der Waals surface area contributed by atoms with Gasteiger partial charge in [-0.25, -0.2) is 8.42 Å². The average molecular weight is 281 g/mol. The van der Waals surface area contributed by atoms with Crippen LogP contribution >= 0.6 is 0 Å². The van der Waals surface area contributed by atoms with E-state index in [9.17, 15) is 13.2 Å². The first kappa shape index (κ1) is 13.8. The monoisotopic (exact) mass is 281 g/mol. The molecule has 1 fully saturated rings. The Morgan fingerprint density at radius 1 is 1.32 bits per heavy atom. The van der Waals surface area contributed by atoms with Crippen LogP contribution in [0.4, 0.5) is 0 Å². The van der Waals surface area contributed by atoms with Crippen LogP contribution in [-0.2, 0) is 14.6 Å². The molecule has 1 aliphatic rings. The molecule has 0 radical (unpaired) electrons. The van der Waals surface area contributed by atoms with Gasteiger partial charge in [-0.2, -0.15) is 0 Å². The normalized spacial score (nSPS) is 16.6. The highest BCUT2D eigenvalue weighted by molar-refractivity contribution is 7.94. The lowest BCUT2D eigenvalue weighted by Crippen LogP contribution is -2.50. The van der Waals surface area contributed by atoms with Gasteiger partial charge in [0.2, 0.25) is 5.91 Å². The average Bonchev–Trinajstić information content (AvgIpc) is 2.36. The number of carbonyl (C=O) groups is 1. The SMILES string of the molecule is O=C(C=CS(=O)(=O)c1ccccc1)N1CC(CO)C1. The van der Waals surface area contributed by atoms with Gasteiger partial charge >= 0.3 is 0 Å². The summed E-state index contributed by atoms with van der Waals surface area (Å²) in [7, 11) is -3.57. The van der Waals surface area contributed by atoms with Gasteiger partial charge in [-0.15, -0.1) is 0 Å². The number of aliphatic hydroxyl groups is 1. The minimum atomic E-state index is -3.57. The Morgan fingerprint density at radius 3 is 2.53 bits per heavy atom. The van der Waals surface area contributed by atoms with Gasteiger partial charge in [-0.05, 0) is 12.1 Å². The zero-order chi connectivity index (χ0) is 13.9. The van der Waals surface area contributed by atoms with E-state index in [4.69, 9.17) is 5.11 Å². The van der Waals surface area contributed by atoms with Crippen molar-refractivity contribution in [2.24, 2.45) is 5.92 Å². The predicted molar refractivity (Wildman–Crippen MR) is 69.9 cm³/mol. The van der Waals surface area contributed by atoms with Crippen molar-refractivity contribution in [3.8, 4) is 0 Å². The highest BCUT2D eigenvalue weighted by Crippen LogP contribution is 2.16. The number of likely N-dealkylation sites (tertiary alicyclic amines) is 1. The van der Waals surface area contributed by atoms with Crippen molar-refractivity contribution in [3.63, 3.8) is 0 Å². The molecule has 0 atom stereocenters. The van der Waals surface area contributed by atoms with Crippen LogP contribution in [0, 0.1) is 5.92 Å². The third kappa shape index (κ3) is 3.21. The summed E-state index contributed by atoms with van der Waals surface area (Å²) in [6.07, 6.45) is 1.07. The highest BCUT2D eigenvalue weighted by Gasteiger charge is 2.28. The van der Waals surface area contributed by atoms with Gasteiger partial charge in [-0.1, -0.05) is 18.2 Å². The summed E-state index contributed by atoms with van der Waals surface area (Å²) >= 11 is 0. The summed E-state index contributed by atoms with van der Waals surface area (Å²) in [5.74, 6) is -0.229. The van der Waals surface area contributed by atoms with E-state index in [1.807, 2.05) is 0 Å². The zero-order valence-corrected chi connectivity index (χ0v) is 11.1. The van der Waals surface area contributed by atoms with Gasteiger partial charge in [0.15, 0.2) is 9.84 Å². The second-order valence-corrected chi connectivity index (χ2v) is 6.29. The molecule has 1 N–H and O–H groups in total. The van der Waals surface area contributed by atoms with Crippen LogP contribution < -0.4 is 0 Å². The smallest absolute Gasteiger partial charge is 0.247 e. The summed E-state index contributed by atoms with van der Waals surface area (Å²) in [6.45, 7) is 1.01. The third-order valence-corrected chi connectivity index (χ3v) is 4.41. The molecule has 102 valence electrons. The second-order valence-electron chi connectivity index (χ2n) is 4.45. The van der Waals surface area contributed by atoms with E-state index in [1.54, 1.807) is 18.2 Å². The van der Waals surface area contributed by atoms with Gasteiger partial charge in [0.25, 0.3) is 0 Å². The fraction of sp³-hybridized carbons (Fsp3) is 0.308. The first-order chi connectivity index (χ1) is 9.03. The Morgan fingerprint density at radius 2 is 1.95 bits per heavy atom. The van der Waals surface area contributed by atoms with E-state index in [2.05, 4.69) is 0 Å². The summed E-state index contributed by atoms with van der Waals surface area (Å²) < 4.78 is 23.8. The Kier molecular flexibility index (Phi) is 4.01. The number of amides is 1. The minimum absolute atomic E-state index is 0.0514. The number of rotatable bonds is 4. The van der Waals surface area contributed by atoms with Crippen LogP contribution in [0.25, 0.3) is 0 Å². The molecule has 1 aliphatic heterocycles. The number of sulfone groups is 1. The number of nitrogens with zero attached hydrogens (tertiary/aromatic N) is 1. The fourth-order valence-electron chi connectivity index (χ4n) is 1.81. The maximum absolute atomic E-state index is 11.9. The Hall–Kier alpha value is -1.66. The largest absolute Gasteiger partial charge is 0.396 e. The molecule has 1 amide bonds. The molecule has 1 saturated heterocycles. The van der Waals surface area contributed by atoms with Gasteiger partial charge in [0, 0.05) is 37.1 Å². The lowest BCUT2D eigenvalue weighted by atomic mass is 10.0. The van der Waals surface area contributed by atoms with Crippen molar-refractivity contribution in [2.75, 3.05) is 19.7 Å². The number of hydrogen-bond donors (Lipinski definition) is 1. The first-order valence-corrected chi connectivity index (χ1v) is 7.45. The predicted octanol–water partition coefficient (Wildman–Crippen LogP) is 0.425. The second kappa shape index (κ2) is 5.54. The van der Waals surface area contributed by atoms with Crippen molar-refractivity contribution in [1.29, 1.82) is 0 Å². The van der Waals surface area contributed by atoms with E-state index in [1.165, 1.54) is 17.0 Å². The molecule has 19 heavy (non-hydrogen) atoms. The van der Waals surface area contributed by atoms with Crippen molar-refractivity contribution in [2.45, 2.75) is 4.90 Å². The molecule has 0 spiro atoms. The molecule has 1 heterocycles. The van der Waals surface area contributed by atoms with Crippen molar-refractivity contribution in [3.05, 3.63) is 41.8 Å². The van der Waals surface area contributed by atoms with E-state index in [0.717, 1.165) is 11.5 Å². The van der Waals surface area contributed by atoms with E-state index >= 15 is 0 Å². The molecule has 6 heteroatoms. The van der Waals surface area contributed by atoms with Crippen LogP contribution in [0.3, 0.4) is 0 Å². The molecule has 2 rings (SSSR count). The fourth-order valence-corrected chi connectivity index (χ4v) is 2.80. The van der Waals surface area contributed by atoms with Crippen molar-refractivity contribution >= 4 is 15.7 Å². The molecule has 0 saturated carbocycles. The van der Waals surface area contributed by atoms with Crippen molar-refractivity contribution < 1.29 is 18.3 Å². The Balaban J connectivity index is 2.01.